The standard InChI is InChI=1S/C14H20ClNO/c1-5-14(2,3)16(4)13(17)12-8-6-11(10-15)7-9-12/h6-9H,5,10H2,1-4H3. The number of carbonyl (C=O) groups excluding carboxylic acids is 1. The van der Waals surface area contributed by atoms with Gasteiger partial charge in [-0.3, -0.25) is 4.79 Å². The SMILES string of the molecule is CCC(C)(C)N(C)C(=O)c1ccc(CCl)cc1. The normalized spacial score (nSPS) is 11.4. The zero-order valence-corrected chi connectivity index (χ0v) is 11.7. The number of halogens is 1. The number of amides is 1. The average molecular weight is 254 g/mol. The van der Waals surface area contributed by atoms with Crippen molar-refractivity contribution >= 4 is 17.5 Å². The van der Waals surface area contributed by atoms with Gasteiger partial charge in [-0.05, 0) is 38.0 Å². The van der Waals surface area contributed by atoms with Gasteiger partial charge < -0.3 is 4.90 Å². The second-order valence-electron chi connectivity index (χ2n) is 4.86. The van der Waals surface area contributed by atoms with Crippen LogP contribution in [0.4, 0.5) is 0 Å². The van der Waals surface area contributed by atoms with E-state index in [-0.39, 0.29) is 11.4 Å². The Balaban J connectivity index is 2.89. The minimum Gasteiger partial charge on any atom is -0.337 e. The summed E-state index contributed by atoms with van der Waals surface area (Å²) in [5.74, 6) is 0.531. The lowest BCUT2D eigenvalue weighted by atomic mass is 9.98. The molecule has 0 radical (unpaired) electrons. The van der Waals surface area contributed by atoms with Gasteiger partial charge in [-0.1, -0.05) is 19.1 Å². The predicted octanol–water partition coefficient (Wildman–Crippen LogP) is 3.69. The molecule has 0 fully saturated rings. The third-order valence-corrected chi connectivity index (χ3v) is 3.74. The summed E-state index contributed by atoms with van der Waals surface area (Å²) in [5.41, 5.74) is 1.62. The van der Waals surface area contributed by atoms with Gasteiger partial charge in [-0.2, -0.15) is 0 Å². The first-order valence-electron chi connectivity index (χ1n) is 5.85. The van der Waals surface area contributed by atoms with Gasteiger partial charge in [-0.25, -0.2) is 0 Å². The van der Waals surface area contributed by atoms with Crippen molar-refractivity contribution in [3.63, 3.8) is 0 Å². The molecule has 94 valence electrons. The fourth-order valence-corrected chi connectivity index (χ4v) is 1.62. The van der Waals surface area contributed by atoms with Gasteiger partial charge in [0.1, 0.15) is 0 Å². The molecule has 1 aromatic rings. The number of hydrogen-bond donors (Lipinski definition) is 0. The highest BCUT2D eigenvalue weighted by Crippen LogP contribution is 2.19. The molecule has 17 heavy (non-hydrogen) atoms. The zero-order chi connectivity index (χ0) is 13.1. The number of benzene rings is 1. The van der Waals surface area contributed by atoms with Crippen LogP contribution in [0.25, 0.3) is 0 Å². The quantitative estimate of drug-likeness (QED) is 0.750. The fourth-order valence-electron chi connectivity index (χ4n) is 1.44. The van der Waals surface area contributed by atoms with Gasteiger partial charge in [0.2, 0.25) is 0 Å². The van der Waals surface area contributed by atoms with E-state index in [4.69, 9.17) is 11.6 Å². The van der Waals surface area contributed by atoms with E-state index in [1.807, 2.05) is 31.3 Å². The average Bonchev–Trinajstić information content (AvgIpc) is 2.37. The molecule has 0 aliphatic rings. The number of rotatable bonds is 4. The lowest BCUT2D eigenvalue weighted by Crippen LogP contribution is -2.44. The Morgan fingerprint density at radius 1 is 1.29 bits per heavy atom. The van der Waals surface area contributed by atoms with Gasteiger partial charge in [0, 0.05) is 24.0 Å². The smallest absolute Gasteiger partial charge is 0.254 e. The molecule has 0 saturated carbocycles. The van der Waals surface area contributed by atoms with E-state index in [0.29, 0.717) is 11.4 Å². The summed E-state index contributed by atoms with van der Waals surface area (Å²) >= 11 is 5.72. The number of nitrogens with zero attached hydrogens (tertiary/aromatic N) is 1. The van der Waals surface area contributed by atoms with E-state index in [2.05, 4.69) is 20.8 Å². The topological polar surface area (TPSA) is 20.3 Å². The minimum absolute atomic E-state index is 0.0537. The van der Waals surface area contributed by atoms with Crippen LogP contribution in [0, 0.1) is 0 Å². The maximum Gasteiger partial charge on any atom is 0.254 e. The molecule has 0 heterocycles. The molecule has 1 aromatic carbocycles. The van der Waals surface area contributed by atoms with E-state index in [9.17, 15) is 4.79 Å². The van der Waals surface area contributed by atoms with Crippen molar-refractivity contribution in [2.45, 2.75) is 38.6 Å². The molecule has 0 aliphatic carbocycles. The highest BCUT2D eigenvalue weighted by Gasteiger charge is 2.26. The zero-order valence-electron chi connectivity index (χ0n) is 11.0. The monoisotopic (exact) mass is 253 g/mol. The first-order chi connectivity index (χ1) is 7.92. The lowest BCUT2D eigenvalue weighted by Gasteiger charge is -2.35. The maximum absolute atomic E-state index is 12.2. The van der Waals surface area contributed by atoms with E-state index in [1.54, 1.807) is 4.90 Å². The molecule has 0 aliphatic heterocycles. The Hall–Kier alpha value is -1.02. The van der Waals surface area contributed by atoms with Gasteiger partial charge in [-0.15, -0.1) is 11.6 Å². The lowest BCUT2D eigenvalue weighted by molar-refractivity contribution is 0.0620. The first-order valence-corrected chi connectivity index (χ1v) is 6.39. The number of hydrogen-bond acceptors (Lipinski definition) is 1. The van der Waals surface area contributed by atoms with Gasteiger partial charge >= 0.3 is 0 Å². The van der Waals surface area contributed by atoms with Gasteiger partial charge in [0.15, 0.2) is 0 Å². The van der Waals surface area contributed by atoms with Crippen LogP contribution in [-0.2, 0) is 5.88 Å². The van der Waals surface area contributed by atoms with Crippen molar-refractivity contribution in [2.24, 2.45) is 0 Å². The maximum atomic E-state index is 12.2. The third-order valence-electron chi connectivity index (χ3n) is 3.43. The van der Waals surface area contributed by atoms with Crippen molar-refractivity contribution in [3.05, 3.63) is 35.4 Å². The van der Waals surface area contributed by atoms with Crippen molar-refractivity contribution < 1.29 is 4.79 Å². The van der Waals surface area contributed by atoms with E-state index < -0.39 is 0 Å². The highest BCUT2D eigenvalue weighted by molar-refractivity contribution is 6.17. The largest absolute Gasteiger partial charge is 0.337 e. The van der Waals surface area contributed by atoms with Crippen molar-refractivity contribution in [2.75, 3.05) is 7.05 Å². The minimum atomic E-state index is -0.123. The van der Waals surface area contributed by atoms with Crippen LogP contribution in [0.5, 0.6) is 0 Å². The molecule has 0 N–H and O–H groups in total. The van der Waals surface area contributed by atoms with Crippen LogP contribution in [0.2, 0.25) is 0 Å². The van der Waals surface area contributed by atoms with Gasteiger partial charge in [0.05, 0.1) is 0 Å². The number of carbonyl (C=O) groups is 1. The number of alkyl halides is 1. The summed E-state index contributed by atoms with van der Waals surface area (Å²) in [7, 11) is 1.85. The molecule has 1 rings (SSSR count). The molecule has 3 heteroatoms. The van der Waals surface area contributed by atoms with Crippen LogP contribution in [0.15, 0.2) is 24.3 Å². The molecule has 0 atom stereocenters. The molecule has 0 bridgehead atoms. The predicted molar refractivity (Wildman–Crippen MR) is 72.5 cm³/mol. The Labute approximate surface area is 109 Å². The Kier molecular flexibility index (Phi) is 4.58. The van der Waals surface area contributed by atoms with Crippen LogP contribution < -0.4 is 0 Å². The van der Waals surface area contributed by atoms with E-state index in [1.165, 1.54) is 0 Å². The summed E-state index contributed by atoms with van der Waals surface area (Å²) in [6, 6.07) is 7.46. The summed E-state index contributed by atoms with van der Waals surface area (Å²) in [6.45, 7) is 6.22. The van der Waals surface area contributed by atoms with E-state index >= 15 is 0 Å². The second kappa shape index (κ2) is 5.54. The Morgan fingerprint density at radius 3 is 2.24 bits per heavy atom. The second-order valence-corrected chi connectivity index (χ2v) is 5.13. The van der Waals surface area contributed by atoms with Crippen molar-refractivity contribution in [3.8, 4) is 0 Å². The molecule has 1 amide bonds. The molecular weight excluding hydrogens is 234 g/mol. The molecule has 0 saturated heterocycles. The molecular formula is C14H20ClNO. The first kappa shape index (κ1) is 14.0. The van der Waals surface area contributed by atoms with Crippen LogP contribution in [-0.4, -0.2) is 23.4 Å². The fraction of sp³-hybridized carbons (Fsp3) is 0.500. The van der Waals surface area contributed by atoms with Gasteiger partial charge in [0.25, 0.3) is 5.91 Å². The molecule has 0 aromatic heterocycles. The molecule has 0 unspecified atom stereocenters. The Bertz CT molecular complexity index is 384. The summed E-state index contributed by atoms with van der Waals surface area (Å²) < 4.78 is 0. The van der Waals surface area contributed by atoms with Crippen LogP contribution in [0.1, 0.15) is 43.1 Å². The molecule has 0 spiro atoms. The summed E-state index contributed by atoms with van der Waals surface area (Å²) in [4.78, 5) is 14.0. The molecule has 2 nitrogen and oxygen atoms in total. The summed E-state index contributed by atoms with van der Waals surface area (Å²) in [5, 5.41) is 0. The van der Waals surface area contributed by atoms with E-state index in [0.717, 1.165) is 12.0 Å². The highest BCUT2D eigenvalue weighted by atomic mass is 35.5. The van der Waals surface area contributed by atoms with Crippen molar-refractivity contribution in [1.82, 2.24) is 4.90 Å². The van der Waals surface area contributed by atoms with Crippen LogP contribution >= 0.6 is 11.6 Å². The van der Waals surface area contributed by atoms with Crippen LogP contribution in [0.3, 0.4) is 0 Å². The third kappa shape index (κ3) is 3.22. The van der Waals surface area contributed by atoms with Crippen molar-refractivity contribution in [1.29, 1.82) is 0 Å². The summed E-state index contributed by atoms with van der Waals surface area (Å²) in [6.07, 6.45) is 0.926. The Morgan fingerprint density at radius 2 is 1.82 bits per heavy atom.